The third-order valence-corrected chi connectivity index (χ3v) is 3.30. The number of non-ortho nitro benzene ring substituents is 2. The molecule has 10 heteroatoms. The van der Waals surface area contributed by atoms with Gasteiger partial charge < -0.3 is 9.47 Å². The van der Waals surface area contributed by atoms with Gasteiger partial charge in [-0.15, -0.1) is 0 Å². The van der Waals surface area contributed by atoms with Gasteiger partial charge in [-0.3, -0.25) is 25.1 Å². The predicted molar refractivity (Wildman–Crippen MR) is 77.3 cm³/mol. The summed E-state index contributed by atoms with van der Waals surface area (Å²) in [5.41, 5.74) is -1.27. The van der Waals surface area contributed by atoms with Gasteiger partial charge in [-0.25, -0.2) is 4.79 Å². The first-order valence-corrected chi connectivity index (χ1v) is 6.88. The van der Waals surface area contributed by atoms with Crippen molar-refractivity contribution in [2.24, 2.45) is 0 Å². The van der Waals surface area contributed by atoms with Gasteiger partial charge in [0.1, 0.15) is 6.61 Å². The molecule has 23 heavy (non-hydrogen) atoms. The molecule has 124 valence electrons. The fraction of sp³-hybridized carbons (Fsp3) is 0.462. The molecule has 1 aromatic carbocycles. The topological polar surface area (TPSA) is 125 Å². The van der Waals surface area contributed by atoms with E-state index in [1.165, 1.54) is 0 Å². The second-order valence-electron chi connectivity index (χ2n) is 4.84. The highest BCUT2D eigenvalue weighted by Gasteiger charge is 2.21. The lowest BCUT2D eigenvalue weighted by atomic mass is 10.2. The number of nitro groups is 2. The first-order valence-electron chi connectivity index (χ1n) is 6.88. The van der Waals surface area contributed by atoms with Crippen molar-refractivity contribution >= 4 is 17.3 Å². The van der Waals surface area contributed by atoms with Crippen LogP contribution in [-0.2, 0) is 9.47 Å². The van der Waals surface area contributed by atoms with E-state index in [4.69, 9.17) is 9.47 Å². The summed E-state index contributed by atoms with van der Waals surface area (Å²) >= 11 is 0. The maximum absolute atomic E-state index is 11.9. The quantitative estimate of drug-likeness (QED) is 0.430. The number of carbonyl (C=O) groups excluding carboxylic acids is 1. The number of carbonyl (C=O) groups is 1. The Balaban J connectivity index is 2.00. The number of ether oxygens (including phenoxy) is 2. The largest absolute Gasteiger partial charge is 0.461 e. The van der Waals surface area contributed by atoms with E-state index in [2.05, 4.69) is 0 Å². The maximum Gasteiger partial charge on any atom is 0.338 e. The molecule has 0 radical (unpaired) electrons. The van der Waals surface area contributed by atoms with E-state index >= 15 is 0 Å². The fourth-order valence-corrected chi connectivity index (χ4v) is 2.10. The summed E-state index contributed by atoms with van der Waals surface area (Å²) in [7, 11) is 0. The van der Waals surface area contributed by atoms with Crippen LogP contribution in [0.3, 0.4) is 0 Å². The van der Waals surface area contributed by atoms with Crippen LogP contribution in [0.1, 0.15) is 10.4 Å². The van der Waals surface area contributed by atoms with E-state index in [0.29, 0.717) is 19.8 Å². The van der Waals surface area contributed by atoms with Gasteiger partial charge in [-0.2, -0.15) is 0 Å². The zero-order valence-electron chi connectivity index (χ0n) is 12.2. The fourth-order valence-electron chi connectivity index (χ4n) is 2.10. The molecule has 0 aliphatic carbocycles. The van der Waals surface area contributed by atoms with Gasteiger partial charge in [-0.05, 0) is 0 Å². The molecule has 1 aliphatic heterocycles. The van der Waals surface area contributed by atoms with E-state index in [9.17, 15) is 25.0 Å². The molecule has 0 amide bonds. The Morgan fingerprint density at radius 1 is 1.13 bits per heavy atom. The van der Waals surface area contributed by atoms with E-state index < -0.39 is 27.2 Å². The molecular formula is C13H15N3O7. The van der Waals surface area contributed by atoms with Crippen molar-refractivity contribution in [1.82, 2.24) is 4.90 Å². The number of hydrogen-bond donors (Lipinski definition) is 0. The van der Waals surface area contributed by atoms with Gasteiger partial charge in [0, 0.05) is 31.8 Å². The highest BCUT2D eigenvalue weighted by Crippen LogP contribution is 2.23. The summed E-state index contributed by atoms with van der Waals surface area (Å²) < 4.78 is 10.2. The molecule has 1 fully saturated rings. The third kappa shape index (κ3) is 4.69. The van der Waals surface area contributed by atoms with E-state index in [0.717, 1.165) is 31.3 Å². The molecule has 0 bridgehead atoms. The number of hydrogen-bond acceptors (Lipinski definition) is 8. The van der Waals surface area contributed by atoms with Crippen LogP contribution in [-0.4, -0.2) is 60.2 Å². The Morgan fingerprint density at radius 2 is 1.70 bits per heavy atom. The van der Waals surface area contributed by atoms with Gasteiger partial charge in [-0.1, -0.05) is 0 Å². The molecule has 0 aromatic heterocycles. The molecule has 0 unspecified atom stereocenters. The first-order chi connectivity index (χ1) is 11.0. The number of nitro benzene ring substituents is 2. The number of nitrogens with zero attached hydrogens (tertiary/aromatic N) is 3. The molecule has 0 saturated carbocycles. The minimum atomic E-state index is -0.829. The van der Waals surface area contributed by atoms with E-state index in [1.54, 1.807) is 0 Å². The number of morpholine rings is 1. The van der Waals surface area contributed by atoms with Crippen LogP contribution in [0, 0.1) is 20.2 Å². The highest BCUT2D eigenvalue weighted by atomic mass is 16.6. The molecule has 2 rings (SSSR count). The number of rotatable bonds is 6. The van der Waals surface area contributed by atoms with Gasteiger partial charge in [0.2, 0.25) is 0 Å². The van der Waals surface area contributed by atoms with Crippen molar-refractivity contribution in [3.63, 3.8) is 0 Å². The van der Waals surface area contributed by atoms with Crippen molar-refractivity contribution in [1.29, 1.82) is 0 Å². The number of esters is 1. The molecule has 1 heterocycles. The molecule has 1 aliphatic rings. The molecular weight excluding hydrogens is 310 g/mol. The van der Waals surface area contributed by atoms with Crippen LogP contribution in [0.5, 0.6) is 0 Å². The van der Waals surface area contributed by atoms with E-state index in [-0.39, 0.29) is 12.2 Å². The van der Waals surface area contributed by atoms with Crippen molar-refractivity contribution in [3.05, 3.63) is 44.0 Å². The van der Waals surface area contributed by atoms with Crippen LogP contribution in [0.2, 0.25) is 0 Å². The Labute approximate surface area is 130 Å². The van der Waals surface area contributed by atoms with Crippen molar-refractivity contribution in [2.75, 3.05) is 39.5 Å². The number of benzene rings is 1. The minimum Gasteiger partial charge on any atom is -0.461 e. The summed E-state index contributed by atoms with van der Waals surface area (Å²) in [6.07, 6.45) is 0. The zero-order valence-corrected chi connectivity index (χ0v) is 12.2. The van der Waals surface area contributed by atoms with Crippen LogP contribution < -0.4 is 0 Å². The molecule has 10 nitrogen and oxygen atoms in total. The zero-order chi connectivity index (χ0) is 16.8. The molecule has 1 aromatic rings. The lowest BCUT2D eigenvalue weighted by Crippen LogP contribution is -2.38. The normalized spacial score (nSPS) is 15.1. The summed E-state index contributed by atoms with van der Waals surface area (Å²) in [5.74, 6) is -0.829. The Morgan fingerprint density at radius 3 is 2.22 bits per heavy atom. The standard InChI is InChI=1S/C13H15N3O7/c17-13(23-6-3-14-1-4-22-5-2-14)10-7-11(15(18)19)9-12(8-10)16(20)21/h7-9H,1-6H2. The molecule has 0 spiro atoms. The van der Waals surface area contributed by atoms with Gasteiger partial charge >= 0.3 is 5.97 Å². The predicted octanol–water partition coefficient (Wildman–Crippen LogP) is 0.992. The first kappa shape index (κ1) is 16.8. The third-order valence-electron chi connectivity index (χ3n) is 3.30. The van der Waals surface area contributed by atoms with Crippen molar-refractivity contribution in [3.8, 4) is 0 Å². The van der Waals surface area contributed by atoms with Crippen LogP contribution >= 0.6 is 0 Å². The average molecular weight is 325 g/mol. The summed E-state index contributed by atoms with van der Waals surface area (Å²) in [6.45, 7) is 3.30. The molecule has 0 atom stereocenters. The van der Waals surface area contributed by atoms with Crippen LogP contribution in [0.25, 0.3) is 0 Å². The van der Waals surface area contributed by atoms with Gasteiger partial charge in [0.25, 0.3) is 11.4 Å². The Bertz CT molecular complexity index is 581. The van der Waals surface area contributed by atoms with Gasteiger partial charge in [0.05, 0.1) is 34.7 Å². The van der Waals surface area contributed by atoms with Crippen LogP contribution in [0.15, 0.2) is 18.2 Å². The Kier molecular flexibility index (Phi) is 5.55. The molecule has 1 saturated heterocycles. The van der Waals surface area contributed by atoms with Crippen molar-refractivity contribution in [2.45, 2.75) is 0 Å². The van der Waals surface area contributed by atoms with E-state index in [1.807, 2.05) is 4.90 Å². The monoisotopic (exact) mass is 325 g/mol. The molecule has 0 N–H and O–H groups in total. The second kappa shape index (κ2) is 7.61. The smallest absolute Gasteiger partial charge is 0.338 e. The highest BCUT2D eigenvalue weighted by molar-refractivity contribution is 5.91. The second-order valence-corrected chi connectivity index (χ2v) is 4.84. The summed E-state index contributed by atoms with van der Waals surface area (Å²) in [4.78, 5) is 34.0. The maximum atomic E-state index is 11.9. The van der Waals surface area contributed by atoms with Crippen LogP contribution in [0.4, 0.5) is 11.4 Å². The SMILES string of the molecule is O=C(OCCN1CCOCC1)c1cc([N+](=O)[O-])cc([N+](=O)[O-])c1. The lowest BCUT2D eigenvalue weighted by Gasteiger charge is -2.26. The minimum absolute atomic E-state index is 0.0926. The van der Waals surface area contributed by atoms with Gasteiger partial charge in [0.15, 0.2) is 0 Å². The summed E-state index contributed by atoms with van der Waals surface area (Å²) in [6, 6.07) is 2.72. The van der Waals surface area contributed by atoms with Crippen molar-refractivity contribution < 1.29 is 24.1 Å². The average Bonchev–Trinajstić information content (AvgIpc) is 2.55. The Hall–Kier alpha value is -2.59. The summed E-state index contributed by atoms with van der Waals surface area (Å²) in [5, 5.41) is 21.6. The lowest BCUT2D eigenvalue weighted by molar-refractivity contribution is -0.394.